The minimum absolute atomic E-state index is 0.152. The number of amides is 1. The quantitative estimate of drug-likeness (QED) is 0.428. The van der Waals surface area contributed by atoms with E-state index < -0.39 is 10.8 Å². The Kier molecular flexibility index (Phi) is 5.01. The fourth-order valence-electron chi connectivity index (χ4n) is 1.67. The molecule has 0 heterocycles. The van der Waals surface area contributed by atoms with E-state index in [1.165, 1.54) is 18.2 Å². The van der Waals surface area contributed by atoms with Gasteiger partial charge in [-0.2, -0.15) is 0 Å². The molecule has 7 nitrogen and oxygen atoms in total. The Hall–Kier alpha value is -2.41. The predicted molar refractivity (Wildman–Crippen MR) is 71.1 cm³/mol. The Morgan fingerprint density at radius 1 is 1.58 bits per heavy atom. The largest absolute Gasteiger partial charge is 0.395 e. The molecule has 0 aliphatic heterocycles. The van der Waals surface area contributed by atoms with Gasteiger partial charge in [0.05, 0.1) is 11.5 Å². The van der Waals surface area contributed by atoms with Crippen LogP contribution in [0.5, 0.6) is 0 Å². The molecule has 102 valence electrons. The summed E-state index contributed by atoms with van der Waals surface area (Å²) >= 11 is 0. The third-order valence-corrected chi connectivity index (χ3v) is 2.52. The third-order valence-electron chi connectivity index (χ3n) is 2.52. The molecule has 0 saturated carbocycles. The lowest BCUT2D eigenvalue weighted by Crippen LogP contribution is -2.28. The first-order valence-corrected chi connectivity index (χ1v) is 5.56. The van der Waals surface area contributed by atoms with Crippen LogP contribution in [0, 0.1) is 10.1 Å². The zero-order chi connectivity index (χ0) is 14.4. The van der Waals surface area contributed by atoms with Crippen LogP contribution in [-0.2, 0) is 0 Å². The Bertz CT molecular complexity index is 502. The summed E-state index contributed by atoms with van der Waals surface area (Å²) in [5.74, 6) is -0.668. The highest BCUT2D eigenvalue weighted by molar-refractivity contribution is 5.94. The van der Waals surface area contributed by atoms with Crippen LogP contribution in [0.4, 0.5) is 11.4 Å². The van der Waals surface area contributed by atoms with Crippen molar-refractivity contribution < 1.29 is 14.8 Å². The van der Waals surface area contributed by atoms with Gasteiger partial charge in [0.1, 0.15) is 5.69 Å². The van der Waals surface area contributed by atoms with Crippen LogP contribution in [-0.4, -0.2) is 35.6 Å². The number of nitro groups is 1. The van der Waals surface area contributed by atoms with Crippen molar-refractivity contribution in [2.24, 2.45) is 5.73 Å². The molecule has 7 heteroatoms. The molecule has 0 aromatic heterocycles. The van der Waals surface area contributed by atoms with E-state index in [0.29, 0.717) is 6.54 Å². The summed E-state index contributed by atoms with van der Waals surface area (Å²) in [5, 5.41) is 20.0. The number of hydrogen-bond acceptors (Lipinski definition) is 5. The Morgan fingerprint density at radius 2 is 2.26 bits per heavy atom. The van der Waals surface area contributed by atoms with E-state index in [1.54, 1.807) is 11.0 Å². The van der Waals surface area contributed by atoms with Gasteiger partial charge in [0.2, 0.25) is 5.91 Å². The first-order valence-electron chi connectivity index (χ1n) is 5.56. The number of carbonyl (C=O) groups excluding carboxylic acids is 1. The third kappa shape index (κ3) is 3.52. The molecular formula is C12H15N3O4. The summed E-state index contributed by atoms with van der Waals surface area (Å²) in [6.45, 7) is 3.88. The summed E-state index contributed by atoms with van der Waals surface area (Å²) in [6.07, 6.45) is 1.55. The normalized spacial score (nSPS) is 9.95. The van der Waals surface area contributed by atoms with Gasteiger partial charge >= 0.3 is 0 Å². The van der Waals surface area contributed by atoms with Crippen LogP contribution in [0.2, 0.25) is 0 Å². The molecule has 0 fully saturated rings. The molecule has 0 unspecified atom stereocenters. The van der Waals surface area contributed by atoms with E-state index in [9.17, 15) is 14.9 Å². The minimum Gasteiger partial charge on any atom is -0.395 e. The summed E-state index contributed by atoms with van der Waals surface area (Å²) in [7, 11) is 0. The number of benzene rings is 1. The van der Waals surface area contributed by atoms with Crippen molar-refractivity contribution in [3.63, 3.8) is 0 Å². The number of nitrogens with two attached hydrogens (primary N) is 1. The lowest BCUT2D eigenvalue weighted by atomic mass is 10.1. The van der Waals surface area contributed by atoms with Gasteiger partial charge in [-0.1, -0.05) is 6.08 Å². The lowest BCUT2D eigenvalue weighted by Gasteiger charge is -2.22. The van der Waals surface area contributed by atoms with Crippen LogP contribution in [0.1, 0.15) is 10.4 Å². The Labute approximate surface area is 110 Å². The number of aliphatic hydroxyl groups is 1. The van der Waals surface area contributed by atoms with Crippen molar-refractivity contribution >= 4 is 17.3 Å². The SMILES string of the molecule is C=CCN(CCO)c1cc(C(N)=O)ccc1[N+](=O)[O-]. The fraction of sp³-hybridized carbons (Fsp3) is 0.250. The Morgan fingerprint density at radius 3 is 2.74 bits per heavy atom. The van der Waals surface area contributed by atoms with E-state index in [0.717, 1.165) is 0 Å². The second-order valence-corrected chi connectivity index (χ2v) is 3.78. The molecule has 19 heavy (non-hydrogen) atoms. The summed E-state index contributed by atoms with van der Waals surface area (Å²) in [4.78, 5) is 23.1. The summed E-state index contributed by atoms with van der Waals surface area (Å²) in [6, 6.07) is 3.87. The van der Waals surface area contributed by atoms with E-state index in [1.807, 2.05) is 0 Å². The first-order chi connectivity index (χ1) is 9.01. The molecule has 0 saturated heterocycles. The molecule has 1 aromatic rings. The summed E-state index contributed by atoms with van der Waals surface area (Å²) < 4.78 is 0. The Balaban J connectivity index is 3.32. The molecule has 0 bridgehead atoms. The molecule has 1 rings (SSSR count). The highest BCUT2D eigenvalue weighted by atomic mass is 16.6. The molecule has 1 aromatic carbocycles. The van der Waals surface area contributed by atoms with Gasteiger partial charge in [-0.05, 0) is 12.1 Å². The number of primary amides is 1. The number of aliphatic hydroxyl groups excluding tert-OH is 1. The number of anilines is 1. The van der Waals surface area contributed by atoms with Gasteiger partial charge in [-0.15, -0.1) is 6.58 Å². The second-order valence-electron chi connectivity index (χ2n) is 3.78. The molecule has 0 spiro atoms. The van der Waals surface area contributed by atoms with Crippen LogP contribution < -0.4 is 10.6 Å². The van der Waals surface area contributed by atoms with E-state index >= 15 is 0 Å². The molecular weight excluding hydrogens is 250 g/mol. The minimum atomic E-state index is -0.668. The molecule has 3 N–H and O–H groups in total. The monoisotopic (exact) mass is 265 g/mol. The van der Waals surface area contributed by atoms with Crippen molar-refractivity contribution in [3.8, 4) is 0 Å². The molecule has 0 atom stereocenters. The highest BCUT2D eigenvalue weighted by Crippen LogP contribution is 2.29. The topological polar surface area (TPSA) is 110 Å². The van der Waals surface area contributed by atoms with Crippen LogP contribution in [0.15, 0.2) is 30.9 Å². The number of nitrogens with zero attached hydrogens (tertiary/aromatic N) is 2. The standard InChI is InChI=1S/C12H15N3O4/c1-2-5-14(6-7-16)11-8-9(12(13)17)3-4-10(11)15(18)19/h2-4,8,16H,1,5-7H2,(H2,13,17). The smallest absolute Gasteiger partial charge is 0.292 e. The van der Waals surface area contributed by atoms with E-state index in [4.69, 9.17) is 10.8 Å². The van der Waals surface area contributed by atoms with Gasteiger partial charge in [0.25, 0.3) is 5.69 Å². The van der Waals surface area contributed by atoms with Crippen molar-refractivity contribution in [2.75, 3.05) is 24.6 Å². The summed E-state index contributed by atoms with van der Waals surface area (Å²) in [5.41, 5.74) is 5.41. The van der Waals surface area contributed by atoms with Gasteiger partial charge < -0.3 is 15.7 Å². The zero-order valence-electron chi connectivity index (χ0n) is 10.3. The first kappa shape index (κ1) is 14.7. The molecule has 0 aliphatic carbocycles. The average molecular weight is 265 g/mol. The fourth-order valence-corrected chi connectivity index (χ4v) is 1.67. The number of nitro benzene ring substituents is 1. The van der Waals surface area contributed by atoms with E-state index in [-0.39, 0.29) is 30.1 Å². The number of carbonyl (C=O) groups is 1. The van der Waals surface area contributed by atoms with Crippen LogP contribution >= 0.6 is 0 Å². The van der Waals surface area contributed by atoms with Gasteiger partial charge in [-0.25, -0.2) is 0 Å². The predicted octanol–water partition coefficient (Wildman–Crippen LogP) is 0.678. The van der Waals surface area contributed by atoms with Gasteiger partial charge in [0, 0.05) is 24.7 Å². The molecule has 0 radical (unpaired) electrons. The van der Waals surface area contributed by atoms with Gasteiger partial charge in [-0.3, -0.25) is 14.9 Å². The van der Waals surface area contributed by atoms with Crippen LogP contribution in [0.3, 0.4) is 0 Å². The van der Waals surface area contributed by atoms with Crippen molar-refractivity contribution in [2.45, 2.75) is 0 Å². The number of hydrogen-bond donors (Lipinski definition) is 2. The maximum absolute atomic E-state index is 11.1. The average Bonchev–Trinajstić information content (AvgIpc) is 2.37. The van der Waals surface area contributed by atoms with Crippen molar-refractivity contribution in [1.82, 2.24) is 0 Å². The second kappa shape index (κ2) is 6.50. The van der Waals surface area contributed by atoms with Gasteiger partial charge in [0.15, 0.2) is 0 Å². The van der Waals surface area contributed by atoms with Crippen molar-refractivity contribution in [1.29, 1.82) is 0 Å². The van der Waals surface area contributed by atoms with Crippen molar-refractivity contribution in [3.05, 3.63) is 46.5 Å². The maximum Gasteiger partial charge on any atom is 0.292 e. The zero-order valence-corrected chi connectivity index (χ0v) is 10.3. The highest BCUT2D eigenvalue weighted by Gasteiger charge is 2.20. The molecule has 1 amide bonds. The van der Waals surface area contributed by atoms with E-state index in [2.05, 4.69) is 6.58 Å². The van der Waals surface area contributed by atoms with Crippen LogP contribution in [0.25, 0.3) is 0 Å². The number of rotatable bonds is 7. The maximum atomic E-state index is 11.1. The lowest BCUT2D eigenvalue weighted by molar-refractivity contribution is -0.384. The molecule has 0 aliphatic rings.